The van der Waals surface area contributed by atoms with E-state index in [1.54, 1.807) is 30.0 Å². The Labute approximate surface area is 264 Å². The first kappa shape index (κ1) is 33.4. The minimum absolute atomic E-state index is 0.0447. The van der Waals surface area contributed by atoms with Gasteiger partial charge < -0.3 is 15.0 Å². The second-order valence-corrected chi connectivity index (χ2v) is 10.9. The van der Waals surface area contributed by atoms with Crippen molar-refractivity contribution in [3.8, 4) is 5.75 Å². The number of aromatic nitrogens is 4. The van der Waals surface area contributed by atoms with Crippen molar-refractivity contribution in [2.24, 2.45) is 0 Å². The predicted molar refractivity (Wildman–Crippen MR) is 157 cm³/mol. The number of aryl methyl sites for hydroxylation is 1. The van der Waals surface area contributed by atoms with Gasteiger partial charge in [0.05, 0.1) is 17.8 Å². The van der Waals surface area contributed by atoms with Crippen molar-refractivity contribution in [1.29, 1.82) is 0 Å². The molecule has 0 aliphatic carbocycles. The summed E-state index contributed by atoms with van der Waals surface area (Å²) in [6.07, 6.45) is -7.45. The van der Waals surface area contributed by atoms with Gasteiger partial charge >= 0.3 is 12.4 Å². The maximum absolute atomic E-state index is 13.5. The molecule has 0 atom stereocenters. The first-order chi connectivity index (χ1) is 22.2. The Morgan fingerprint density at radius 3 is 2.11 bits per heavy atom. The van der Waals surface area contributed by atoms with Crippen LogP contribution in [0.5, 0.6) is 5.75 Å². The summed E-state index contributed by atoms with van der Waals surface area (Å²) in [5, 5.41) is 10.7. The van der Waals surface area contributed by atoms with Gasteiger partial charge in [-0.05, 0) is 60.5 Å². The third kappa shape index (κ3) is 8.84. The number of carbonyl (C=O) groups excluding carboxylic acids is 2. The smallest absolute Gasteiger partial charge is 0.422 e. The molecule has 47 heavy (non-hydrogen) atoms. The second kappa shape index (κ2) is 13.8. The van der Waals surface area contributed by atoms with Gasteiger partial charge in [-0.25, -0.2) is 4.68 Å². The van der Waals surface area contributed by atoms with Crippen molar-refractivity contribution < 1.29 is 40.7 Å². The summed E-state index contributed by atoms with van der Waals surface area (Å²) in [7, 11) is 0. The Balaban J connectivity index is 1.14. The van der Waals surface area contributed by atoms with Crippen LogP contribution in [0.15, 0.2) is 66.9 Å². The molecule has 16 heteroatoms. The van der Waals surface area contributed by atoms with Crippen LogP contribution in [0.2, 0.25) is 0 Å². The van der Waals surface area contributed by atoms with E-state index in [1.807, 2.05) is 0 Å². The number of halogens is 6. The van der Waals surface area contributed by atoms with Gasteiger partial charge in [-0.15, -0.1) is 5.10 Å². The number of benzene rings is 2. The van der Waals surface area contributed by atoms with Crippen LogP contribution in [0.3, 0.4) is 0 Å². The number of ether oxygens (including phenoxy) is 1. The minimum Gasteiger partial charge on any atom is -0.484 e. The van der Waals surface area contributed by atoms with Gasteiger partial charge in [0, 0.05) is 44.6 Å². The number of amides is 2. The minimum atomic E-state index is -4.48. The lowest BCUT2D eigenvalue weighted by atomic mass is 10.2. The molecule has 0 radical (unpaired) electrons. The molecule has 1 N–H and O–H groups in total. The molecule has 0 unspecified atom stereocenters. The van der Waals surface area contributed by atoms with Crippen molar-refractivity contribution in [1.82, 2.24) is 29.8 Å². The molecule has 0 saturated carbocycles. The number of alkyl halides is 6. The zero-order valence-corrected chi connectivity index (χ0v) is 25.0. The molecule has 2 aromatic carbocycles. The fourth-order valence-corrected chi connectivity index (χ4v) is 4.91. The summed E-state index contributed by atoms with van der Waals surface area (Å²) in [5.74, 6) is -0.704. The van der Waals surface area contributed by atoms with E-state index in [2.05, 4.69) is 25.5 Å². The average molecular weight is 662 g/mol. The lowest BCUT2D eigenvalue weighted by Crippen LogP contribution is -2.48. The van der Waals surface area contributed by atoms with E-state index < -0.39 is 30.4 Å². The molecule has 1 saturated heterocycles. The number of nitrogens with zero attached hydrogens (tertiary/aromatic N) is 6. The van der Waals surface area contributed by atoms with Crippen molar-refractivity contribution in [2.45, 2.75) is 32.4 Å². The number of pyridine rings is 1. The molecule has 1 aliphatic rings. The molecule has 1 aliphatic heterocycles. The molecular weight excluding hydrogens is 632 g/mol. The fraction of sp³-hybridized carbons (Fsp3) is 0.323. The van der Waals surface area contributed by atoms with Crippen LogP contribution in [0, 0.1) is 6.92 Å². The Kier molecular flexibility index (Phi) is 9.79. The van der Waals surface area contributed by atoms with Crippen LogP contribution in [0.1, 0.15) is 43.4 Å². The summed E-state index contributed by atoms with van der Waals surface area (Å²) in [5.41, 5.74) is 1.70. The van der Waals surface area contributed by atoms with Gasteiger partial charge in [0.1, 0.15) is 17.1 Å². The molecule has 2 amide bonds. The Morgan fingerprint density at radius 1 is 0.851 bits per heavy atom. The standard InChI is InChI=1S/C31H29F6N7O3/c1-20-27(29(46)43-14-12-42(13-15-43)17-21-2-9-25(10-3-21)47-19-30(32,33)34)44(41-40-20)18-22-4-11-26(38-16-22)28(45)39-24-7-5-23(6-8-24)31(35,36)37/h2-11,16H,12-15,17-19H2,1H3,(H,39,45). The Hall–Kier alpha value is -4.99. The highest BCUT2D eigenvalue weighted by Gasteiger charge is 2.31. The number of piperazine rings is 1. The quantitative estimate of drug-likeness (QED) is 0.246. The summed E-state index contributed by atoms with van der Waals surface area (Å²) < 4.78 is 81.7. The summed E-state index contributed by atoms with van der Waals surface area (Å²) in [6, 6.07) is 13.6. The highest BCUT2D eigenvalue weighted by Crippen LogP contribution is 2.30. The van der Waals surface area contributed by atoms with Gasteiger partial charge in [-0.1, -0.05) is 23.4 Å². The highest BCUT2D eigenvalue weighted by atomic mass is 19.4. The molecule has 1 fully saturated rings. The Morgan fingerprint density at radius 2 is 1.51 bits per heavy atom. The summed E-state index contributed by atoms with van der Waals surface area (Å²) in [6.45, 7) is 3.10. The van der Waals surface area contributed by atoms with E-state index in [0.29, 0.717) is 49.7 Å². The van der Waals surface area contributed by atoms with E-state index in [9.17, 15) is 35.9 Å². The molecule has 0 spiro atoms. The van der Waals surface area contributed by atoms with Crippen LogP contribution >= 0.6 is 0 Å². The van der Waals surface area contributed by atoms with Crippen LogP contribution in [0.25, 0.3) is 0 Å². The van der Waals surface area contributed by atoms with Crippen molar-refractivity contribution in [3.63, 3.8) is 0 Å². The van der Waals surface area contributed by atoms with E-state index in [4.69, 9.17) is 4.74 Å². The molecular formula is C31H29F6N7O3. The monoisotopic (exact) mass is 661 g/mol. The van der Waals surface area contributed by atoms with Crippen LogP contribution in [-0.4, -0.2) is 80.6 Å². The van der Waals surface area contributed by atoms with Crippen LogP contribution in [-0.2, 0) is 19.3 Å². The van der Waals surface area contributed by atoms with Gasteiger partial charge in [0.15, 0.2) is 6.61 Å². The highest BCUT2D eigenvalue weighted by molar-refractivity contribution is 6.02. The number of hydrogen-bond donors (Lipinski definition) is 1. The second-order valence-electron chi connectivity index (χ2n) is 10.9. The van der Waals surface area contributed by atoms with Crippen molar-refractivity contribution in [2.75, 3.05) is 38.1 Å². The third-order valence-corrected chi connectivity index (χ3v) is 7.36. The maximum Gasteiger partial charge on any atom is 0.422 e. The van der Waals surface area contributed by atoms with Gasteiger partial charge in [0.2, 0.25) is 0 Å². The van der Waals surface area contributed by atoms with Gasteiger partial charge in [0.25, 0.3) is 11.8 Å². The SMILES string of the molecule is Cc1nnn(Cc2ccc(C(=O)Nc3ccc(C(F)(F)F)cc3)nc2)c1C(=O)N1CCN(Cc2ccc(OCC(F)(F)F)cc2)CC1. The molecule has 0 bridgehead atoms. The first-order valence-electron chi connectivity index (χ1n) is 14.4. The van der Waals surface area contributed by atoms with E-state index in [1.165, 1.54) is 29.1 Å². The van der Waals surface area contributed by atoms with Crippen molar-refractivity contribution >= 4 is 17.5 Å². The van der Waals surface area contributed by atoms with Gasteiger partial charge in [-0.2, -0.15) is 26.3 Å². The number of rotatable bonds is 9. The third-order valence-electron chi connectivity index (χ3n) is 7.36. The van der Waals surface area contributed by atoms with Gasteiger partial charge in [-0.3, -0.25) is 19.5 Å². The van der Waals surface area contributed by atoms with E-state index >= 15 is 0 Å². The van der Waals surface area contributed by atoms with Crippen LogP contribution in [0.4, 0.5) is 32.0 Å². The van der Waals surface area contributed by atoms with E-state index in [0.717, 1.165) is 29.8 Å². The molecule has 10 nitrogen and oxygen atoms in total. The normalized spacial score (nSPS) is 14.2. The number of hydrogen-bond acceptors (Lipinski definition) is 7. The largest absolute Gasteiger partial charge is 0.484 e. The molecule has 4 aromatic rings. The Bertz CT molecular complexity index is 1680. The lowest BCUT2D eigenvalue weighted by molar-refractivity contribution is -0.153. The fourth-order valence-electron chi connectivity index (χ4n) is 4.91. The average Bonchev–Trinajstić information content (AvgIpc) is 3.39. The number of anilines is 1. The van der Waals surface area contributed by atoms with Crippen molar-refractivity contribution in [3.05, 3.63) is 101 Å². The van der Waals surface area contributed by atoms with Crippen LogP contribution < -0.4 is 10.1 Å². The molecule has 3 heterocycles. The van der Waals surface area contributed by atoms with E-state index in [-0.39, 0.29) is 29.6 Å². The number of carbonyl (C=O) groups is 2. The number of nitrogens with one attached hydrogen (secondary N) is 1. The summed E-state index contributed by atoms with van der Waals surface area (Å²) >= 11 is 0. The zero-order chi connectivity index (χ0) is 33.8. The maximum atomic E-state index is 13.5. The topological polar surface area (TPSA) is 105 Å². The predicted octanol–water partition coefficient (Wildman–Crippen LogP) is 5.20. The molecule has 5 rings (SSSR count). The lowest BCUT2D eigenvalue weighted by Gasteiger charge is -2.34. The summed E-state index contributed by atoms with van der Waals surface area (Å²) in [4.78, 5) is 34.1. The molecule has 248 valence electrons. The zero-order valence-electron chi connectivity index (χ0n) is 25.0. The molecule has 2 aromatic heterocycles. The first-order valence-corrected chi connectivity index (χ1v) is 14.4.